The predicted molar refractivity (Wildman–Crippen MR) is 70.9 cm³/mol. The maximum absolute atomic E-state index is 8.21. The first-order chi connectivity index (χ1) is 8.70. The third-order valence-electron chi connectivity index (χ3n) is 3.22. The normalized spacial score (nSPS) is 17.1. The van der Waals surface area contributed by atoms with Crippen molar-refractivity contribution in [2.24, 2.45) is 0 Å². The van der Waals surface area contributed by atoms with Gasteiger partial charge in [0.25, 0.3) is 0 Å². The molecule has 0 radical (unpaired) electrons. The van der Waals surface area contributed by atoms with Gasteiger partial charge in [-0.1, -0.05) is 30.9 Å². The molecular weight excluding hydrogens is 250 g/mol. The van der Waals surface area contributed by atoms with Crippen LogP contribution in [-0.4, -0.2) is 33.5 Å². The van der Waals surface area contributed by atoms with Crippen LogP contribution in [-0.2, 0) is 0 Å². The number of aromatic nitrogens is 2. The van der Waals surface area contributed by atoms with E-state index < -0.39 is 0 Å². The smallest absolute Gasteiger partial charge is 0.203 e. The molecule has 18 heavy (non-hydrogen) atoms. The van der Waals surface area contributed by atoms with E-state index >= 15 is 0 Å². The molecule has 0 spiro atoms. The Hall–Kier alpha value is -1.36. The number of hydrogen-bond donors (Lipinski definition) is 2. The van der Waals surface area contributed by atoms with Crippen LogP contribution in [0.2, 0.25) is 5.15 Å². The number of nitrogens with zero attached hydrogens (tertiary/aromatic N) is 3. The van der Waals surface area contributed by atoms with E-state index in [4.69, 9.17) is 22.4 Å². The molecule has 98 valence electrons. The Morgan fingerprint density at radius 1 is 1.17 bits per heavy atom. The Morgan fingerprint density at radius 2 is 1.78 bits per heavy atom. The Kier molecular flexibility index (Phi) is 4.36. The lowest BCUT2D eigenvalue weighted by Gasteiger charge is -2.27. The standard InChI is InChI=1S/C12H18ClN5/c13-10-11(14)18(9-6-16-10)12(15)17-7-4-2-1-3-5-8-17/h6,9,14-15H,1-5,7-8H2. The summed E-state index contributed by atoms with van der Waals surface area (Å²) in [6.45, 7) is 1.76. The summed E-state index contributed by atoms with van der Waals surface area (Å²) in [6, 6.07) is 0. The number of halogens is 1. The van der Waals surface area contributed by atoms with Gasteiger partial charge in [-0.15, -0.1) is 0 Å². The van der Waals surface area contributed by atoms with E-state index in [9.17, 15) is 0 Å². The molecule has 0 saturated carbocycles. The summed E-state index contributed by atoms with van der Waals surface area (Å²) in [7, 11) is 0. The summed E-state index contributed by atoms with van der Waals surface area (Å²) in [5.41, 5.74) is 0.0752. The molecule has 0 atom stereocenters. The Balaban J connectivity index is 2.18. The van der Waals surface area contributed by atoms with E-state index in [1.807, 2.05) is 4.90 Å². The zero-order valence-electron chi connectivity index (χ0n) is 10.3. The molecule has 0 amide bonds. The first kappa shape index (κ1) is 13.1. The topological polar surface area (TPSA) is 68.8 Å². The van der Waals surface area contributed by atoms with Crippen molar-refractivity contribution in [3.63, 3.8) is 0 Å². The second-order valence-electron chi connectivity index (χ2n) is 4.52. The molecule has 0 unspecified atom stereocenters. The number of likely N-dealkylation sites (tertiary alicyclic amines) is 1. The minimum atomic E-state index is 0.0752. The molecule has 0 aliphatic carbocycles. The van der Waals surface area contributed by atoms with Crippen molar-refractivity contribution in [1.29, 1.82) is 10.8 Å². The van der Waals surface area contributed by atoms with Gasteiger partial charge in [-0.05, 0) is 12.8 Å². The average molecular weight is 268 g/mol. The molecule has 1 fully saturated rings. The molecular formula is C12H18ClN5. The summed E-state index contributed by atoms with van der Waals surface area (Å²) >= 11 is 5.82. The molecule has 1 aliphatic heterocycles. The van der Waals surface area contributed by atoms with E-state index in [0.717, 1.165) is 25.9 Å². The Bertz CT molecular complexity index is 474. The van der Waals surface area contributed by atoms with Crippen molar-refractivity contribution < 1.29 is 0 Å². The Labute approximate surface area is 111 Å². The van der Waals surface area contributed by atoms with Gasteiger partial charge < -0.3 is 4.90 Å². The molecule has 1 aliphatic rings. The molecule has 0 aromatic carbocycles. The third-order valence-corrected chi connectivity index (χ3v) is 3.50. The van der Waals surface area contributed by atoms with Crippen molar-refractivity contribution in [2.75, 3.05) is 13.1 Å². The van der Waals surface area contributed by atoms with Crippen molar-refractivity contribution in [3.8, 4) is 0 Å². The summed E-state index contributed by atoms with van der Waals surface area (Å²) < 4.78 is 1.48. The van der Waals surface area contributed by atoms with Crippen molar-refractivity contribution in [2.45, 2.75) is 32.1 Å². The largest absolute Gasteiger partial charge is 0.342 e. The first-order valence-corrected chi connectivity index (χ1v) is 6.69. The van der Waals surface area contributed by atoms with E-state index in [-0.39, 0.29) is 10.6 Å². The molecule has 1 aromatic heterocycles. The first-order valence-electron chi connectivity index (χ1n) is 6.32. The maximum atomic E-state index is 8.21. The van der Waals surface area contributed by atoms with Gasteiger partial charge in [0, 0.05) is 25.5 Å². The number of rotatable bonds is 0. The maximum Gasteiger partial charge on any atom is 0.203 e. The van der Waals surface area contributed by atoms with Crippen LogP contribution in [0.3, 0.4) is 0 Å². The van der Waals surface area contributed by atoms with Crippen LogP contribution in [0.5, 0.6) is 0 Å². The predicted octanol–water partition coefficient (Wildman–Crippen LogP) is 2.06. The van der Waals surface area contributed by atoms with Gasteiger partial charge in [-0.2, -0.15) is 0 Å². The van der Waals surface area contributed by atoms with Gasteiger partial charge >= 0.3 is 0 Å². The van der Waals surface area contributed by atoms with Gasteiger partial charge in [-0.3, -0.25) is 15.4 Å². The van der Waals surface area contributed by atoms with Crippen LogP contribution in [0.4, 0.5) is 0 Å². The molecule has 5 nitrogen and oxygen atoms in total. The number of nitrogens with one attached hydrogen (secondary N) is 2. The van der Waals surface area contributed by atoms with Crippen LogP contribution >= 0.6 is 11.6 Å². The summed E-state index contributed by atoms with van der Waals surface area (Å²) in [4.78, 5) is 5.86. The monoisotopic (exact) mass is 267 g/mol. The quantitative estimate of drug-likeness (QED) is 0.558. The summed E-state index contributed by atoms with van der Waals surface area (Å²) in [6.07, 6.45) is 9.09. The molecule has 2 rings (SSSR count). The second-order valence-corrected chi connectivity index (χ2v) is 4.87. The minimum absolute atomic E-state index is 0.0752. The molecule has 2 N–H and O–H groups in total. The van der Waals surface area contributed by atoms with Gasteiger partial charge in [0.15, 0.2) is 10.6 Å². The Morgan fingerprint density at radius 3 is 2.44 bits per heavy atom. The highest BCUT2D eigenvalue weighted by atomic mass is 35.5. The van der Waals surface area contributed by atoms with Gasteiger partial charge in [-0.25, -0.2) is 4.98 Å². The van der Waals surface area contributed by atoms with Crippen LogP contribution in [0.15, 0.2) is 12.4 Å². The highest BCUT2D eigenvalue weighted by Gasteiger charge is 2.14. The summed E-state index contributed by atoms with van der Waals surface area (Å²) in [5.74, 6) is 0.325. The van der Waals surface area contributed by atoms with Crippen molar-refractivity contribution in [3.05, 3.63) is 23.0 Å². The fraction of sp³-hybridized carbons (Fsp3) is 0.583. The highest BCUT2D eigenvalue weighted by Crippen LogP contribution is 2.10. The van der Waals surface area contributed by atoms with Gasteiger partial charge in [0.1, 0.15) is 0 Å². The lowest BCUT2D eigenvalue weighted by atomic mass is 10.1. The fourth-order valence-electron chi connectivity index (χ4n) is 2.19. The van der Waals surface area contributed by atoms with E-state index in [2.05, 4.69) is 4.98 Å². The molecule has 1 aromatic rings. The van der Waals surface area contributed by atoms with E-state index in [1.54, 1.807) is 6.20 Å². The van der Waals surface area contributed by atoms with Crippen LogP contribution in [0, 0.1) is 10.8 Å². The average Bonchev–Trinajstić information content (AvgIpc) is 2.31. The highest BCUT2D eigenvalue weighted by molar-refractivity contribution is 6.29. The minimum Gasteiger partial charge on any atom is -0.342 e. The van der Waals surface area contributed by atoms with Crippen molar-refractivity contribution in [1.82, 2.24) is 14.5 Å². The lowest BCUT2D eigenvalue weighted by Crippen LogP contribution is -2.42. The lowest BCUT2D eigenvalue weighted by molar-refractivity contribution is 0.350. The zero-order valence-corrected chi connectivity index (χ0v) is 11.1. The molecule has 2 heterocycles. The third kappa shape index (κ3) is 2.90. The fourth-order valence-corrected chi connectivity index (χ4v) is 2.34. The van der Waals surface area contributed by atoms with Crippen LogP contribution in [0.25, 0.3) is 0 Å². The SMILES string of the molecule is N=C(N1CCCCCCC1)n1ccnc(Cl)c1=N. The van der Waals surface area contributed by atoms with Crippen molar-refractivity contribution >= 4 is 17.6 Å². The second kappa shape index (κ2) is 6.00. The van der Waals surface area contributed by atoms with Gasteiger partial charge in [0.05, 0.1) is 0 Å². The summed E-state index contributed by atoms with van der Waals surface area (Å²) in [5, 5.41) is 16.2. The molecule has 6 heteroatoms. The van der Waals surface area contributed by atoms with E-state index in [0.29, 0.717) is 5.96 Å². The zero-order chi connectivity index (χ0) is 13.0. The molecule has 0 bridgehead atoms. The number of hydrogen-bond acceptors (Lipinski definition) is 3. The van der Waals surface area contributed by atoms with Crippen LogP contribution in [0.1, 0.15) is 32.1 Å². The van der Waals surface area contributed by atoms with E-state index in [1.165, 1.54) is 30.0 Å². The van der Waals surface area contributed by atoms with Crippen LogP contribution < -0.4 is 5.49 Å². The molecule has 1 saturated heterocycles. The van der Waals surface area contributed by atoms with Gasteiger partial charge in [0.2, 0.25) is 5.96 Å².